The summed E-state index contributed by atoms with van der Waals surface area (Å²) in [4.78, 5) is 16.3. The summed E-state index contributed by atoms with van der Waals surface area (Å²) in [5.74, 6) is 2.52. The maximum atomic E-state index is 13.5. The zero-order chi connectivity index (χ0) is 18.6. The fourth-order valence-electron chi connectivity index (χ4n) is 11.5. The van der Waals surface area contributed by atoms with Crippen LogP contribution in [0.5, 0.6) is 0 Å². The average molecular weight is 372 g/mol. The van der Waals surface area contributed by atoms with Crippen LogP contribution in [0.4, 0.5) is 0 Å². The Morgan fingerprint density at radius 1 is 1.22 bits per heavy atom. The molecule has 0 aromatic heterocycles. The van der Waals surface area contributed by atoms with Crippen LogP contribution in [0.3, 0.4) is 0 Å². The molecular weight excluding hydrogens is 338 g/mol. The molecule has 4 nitrogen and oxygen atoms in total. The number of ketones is 1. The Bertz CT molecular complexity index is 769. The molecule has 0 N–H and O–H groups in total. The van der Waals surface area contributed by atoms with Crippen LogP contribution in [0.15, 0.2) is 0 Å². The number of methoxy groups -OCH3 is 2. The van der Waals surface area contributed by atoms with Crippen LogP contribution in [0, 0.1) is 45.3 Å². The molecule has 8 fully saturated rings. The minimum absolute atomic E-state index is 0.164. The van der Waals surface area contributed by atoms with E-state index in [0.717, 1.165) is 25.3 Å². The van der Waals surface area contributed by atoms with E-state index in [-0.39, 0.29) is 28.3 Å². The molecule has 1 aliphatic heterocycles. The van der Waals surface area contributed by atoms with Gasteiger partial charge in [-0.25, -0.2) is 0 Å². The number of hydrogen-bond donors (Lipinski definition) is 0. The topological polar surface area (TPSA) is 38.8 Å². The molecular formula is C23H33NO3. The standard InChI is InChI=1S/C23H33NO3/c1-5-24-11-20(2)7-6-16(27-4)23-15(20)8-13(19(23)24)21-10-14(26-3)12-9-22(21,23)18(21)17(12)25/h12-16,18-19H,5-11H2,1-4H3. The predicted octanol–water partition coefficient (Wildman–Crippen LogP) is 2.75. The minimum atomic E-state index is 0.164. The third-order valence-corrected chi connectivity index (χ3v) is 11.6. The Morgan fingerprint density at radius 3 is 2.74 bits per heavy atom. The van der Waals surface area contributed by atoms with E-state index >= 15 is 0 Å². The van der Waals surface area contributed by atoms with Crippen molar-refractivity contribution in [2.45, 2.75) is 64.2 Å². The molecule has 7 saturated carbocycles. The molecule has 11 atom stereocenters. The molecule has 3 spiro atoms. The third-order valence-electron chi connectivity index (χ3n) is 11.6. The summed E-state index contributed by atoms with van der Waals surface area (Å²) >= 11 is 0. The number of nitrogens with zero attached hydrogens (tertiary/aromatic N) is 1. The van der Waals surface area contributed by atoms with Gasteiger partial charge in [0.2, 0.25) is 0 Å². The fraction of sp³-hybridized carbons (Fsp3) is 0.957. The lowest BCUT2D eigenvalue weighted by atomic mass is 9.45. The van der Waals surface area contributed by atoms with Gasteiger partial charge in [0.25, 0.3) is 0 Å². The molecule has 0 aromatic carbocycles. The molecule has 0 radical (unpaired) electrons. The van der Waals surface area contributed by atoms with Gasteiger partial charge in [-0.1, -0.05) is 13.8 Å². The Kier molecular flexibility index (Phi) is 2.63. The number of carbonyl (C=O) groups excluding carboxylic acids is 1. The van der Waals surface area contributed by atoms with Gasteiger partial charge in [-0.15, -0.1) is 0 Å². The molecule has 8 rings (SSSR count). The highest BCUT2D eigenvalue weighted by Crippen LogP contribution is 3.01. The number of hydrogen-bond acceptors (Lipinski definition) is 4. The van der Waals surface area contributed by atoms with Crippen molar-refractivity contribution in [2.75, 3.05) is 27.3 Å². The summed E-state index contributed by atoms with van der Waals surface area (Å²) in [6.45, 7) is 7.32. The maximum Gasteiger partial charge on any atom is 0.142 e. The van der Waals surface area contributed by atoms with E-state index in [0.29, 0.717) is 35.2 Å². The lowest BCUT2D eigenvalue weighted by molar-refractivity contribution is -0.217. The predicted molar refractivity (Wildman–Crippen MR) is 100 cm³/mol. The summed E-state index contributed by atoms with van der Waals surface area (Å²) < 4.78 is 12.2. The second kappa shape index (κ2) is 4.34. The smallest absolute Gasteiger partial charge is 0.142 e. The first-order valence-corrected chi connectivity index (χ1v) is 11.3. The van der Waals surface area contributed by atoms with E-state index in [4.69, 9.17) is 9.47 Å². The number of fused-ring (bicyclic) bond motifs is 1. The van der Waals surface area contributed by atoms with E-state index in [1.54, 1.807) is 0 Å². The van der Waals surface area contributed by atoms with Crippen LogP contribution in [0.2, 0.25) is 0 Å². The fourth-order valence-corrected chi connectivity index (χ4v) is 11.5. The SMILES string of the molecule is CCN1CC2(C)CCC(OC)C34C1C(CC23)C12CC(OC)C3CC14C2C3=O. The zero-order valence-electron chi connectivity index (χ0n) is 17.2. The number of piperidine rings is 1. The number of Topliss-reactive ketones (excluding diaryl/α,β-unsaturated/α-hetero) is 1. The summed E-state index contributed by atoms with van der Waals surface area (Å²) in [7, 11) is 3.78. The molecule has 11 unspecified atom stereocenters. The first-order chi connectivity index (χ1) is 13.0. The summed E-state index contributed by atoms with van der Waals surface area (Å²) in [5.41, 5.74) is 1.12. The van der Waals surface area contributed by atoms with Crippen molar-refractivity contribution in [3.63, 3.8) is 0 Å². The van der Waals surface area contributed by atoms with Gasteiger partial charge in [-0.3, -0.25) is 9.69 Å². The van der Waals surface area contributed by atoms with Crippen LogP contribution in [0.1, 0.15) is 46.0 Å². The molecule has 27 heavy (non-hydrogen) atoms. The molecule has 9 bridgehead atoms. The summed E-state index contributed by atoms with van der Waals surface area (Å²) in [6.07, 6.45) is 6.59. The van der Waals surface area contributed by atoms with E-state index in [1.807, 2.05) is 14.2 Å². The highest BCUT2D eigenvalue weighted by Gasteiger charge is 3.02. The first-order valence-electron chi connectivity index (χ1n) is 11.3. The molecule has 1 heterocycles. The lowest BCUT2D eigenvalue weighted by Crippen LogP contribution is -2.69. The van der Waals surface area contributed by atoms with Crippen molar-refractivity contribution < 1.29 is 14.3 Å². The molecule has 8 aliphatic rings. The second-order valence-corrected chi connectivity index (χ2v) is 11.4. The molecule has 148 valence electrons. The van der Waals surface area contributed by atoms with Crippen molar-refractivity contribution in [1.82, 2.24) is 4.90 Å². The van der Waals surface area contributed by atoms with Gasteiger partial charge < -0.3 is 9.47 Å². The number of likely N-dealkylation sites (tertiary alicyclic amines) is 1. The monoisotopic (exact) mass is 371 g/mol. The normalized spacial score (nSPS) is 67.0. The highest BCUT2D eigenvalue weighted by atomic mass is 16.5. The van der Waals surface area contributed by atoms with Crippen LogP contribution < -0.4 is 0 Å². The maximum absolute atomic E-state index is 13.5. The van der Waals surface area contributed by atoms with Gasteiger partial charge in [0, 0.05) is 44.1 Å². The minimum Gasteiger partial charge on any atom is -0.381 e. The van der Waals surface area contributed by atoms with Crippen LogP contribution in [-0.2, 0) is 14.3 Å². The van der Waals surface area contributed by atoms with E-state index in [1.165, 1.54) is 25.8 Å². The number of carbonyl (C=O) groups is 1. The van der Waals surface area contributed by atoms with Gasteiger partial charge in [0.05, 0.1) is 12.2 Å². The largest absolute Gasteiger partial charge is 0.381 e. The Balaban J connectivity index is 1.49. The molecule has 7 aliphatic carbocycles. The van der Waals surface area contributed by atoms with Crippen molar-refractivity contribution in [2.24, 2.45) is 45.3 Å². The molecule has 1 saturated heterocycles. The lowest BCUT2D eigenvalue weighted by Gasteiger charge is -2.65. The summed E-state index contributed by atoms with van der Waals surface area (Å²) in [6, 6.07) is 0.643. The molecule has 0 amide bonds. The van der Waals surface area contributed by atoms with Gasteiger partial charge in [-0.05, 0) is 66.7 Å². The Hall–Kier alpha value is -0.450. The number of rotatable bonds is 3. The Labute approximate surface area is 162 Å². The van der Waals surface area contributed by atoms with E-state index < -0.39 is 0 Å². The highest BCUT2D eigenvalue weighted by molar-refractivity contribution is 5.95. The van der Waals surface area contributed by atoms with Crippen molar-refractivity contribution >= 4 is 5.78 Å². The second-order valence-electron chi connectivity index (χ2n) is 11.4. The van der Waals surface area contributed by atoms with Crippen molar-refractivity contribution in [1.29, 1.82) is 0 Å². The number of ether oxygens (including phenoxy) is 2. The van der Waals surface area contributed by atoms with Gasteiger partial charge in [-0.2, -0.15) is 0 Å². The summed E-state index contributed by atoms with van der Waals surface area (Å²) in [5, 5.41) is 0. The zero-order valence-corrected chi connectivity index (χ0v) is 17.2. The van der Waals surface area contributed by atoms with Gasteiger partial charge in [0.15, 0.2) is 0 Å². The van der Waals surface area contributed by atoms with Crippen molar-refractivity contribution in [3.05, 3.63) is 0 Å². The molecule has 0 aromatic rings. The van der Waals surface area contributed by atoms with Crippen LogP contribution in [0.25, 0.3) is 0 Å². The third kappa shape index (κ3) is 1.20. The first kappa shape index (κ1) is 16.4. The average Bonchev–Trinajstić information content (AvgIpc) is 2.93. The van der Waals surface area contributed by atoms with E-state index in [9.17, 15) is 4.79 Å². The van der Waals surface area contributed by atoms with Crippen LogP contribution in [-0.4, -0.2) is 56.2 Å². The van der Waals surface area contributed by atoms with E-state index in [2.05, 4.69) is 18.7 Å². The molecule has 4 heteroatoms. The van der Waals surface area contributed by atoms with Gasteiger partial charge in [0.1, 0.15) is 5.78 Å². The van der Waals surface area contributed by atoms with Crippen molar-refractivity contribution in [3.8, 4) is 0 Å². The quantitative estimate of drug-likeness (QED) is 0.765. The van der Waals surface area contributed by atoms with Crippen LogP contribution >= 0.6 is 0 Å². The van der Waals surface area contributed by atoms with Gasteiger partial charge >= 0.3 is 0 Å². The Morgan fingerprint density at radius 2 is 2.04 bits per heavy atom.